The lowest BCUT2D eigenvalue weighted by Crippen LogP contribution is -2.17. The number of ether oxygens (including phenoxy) is 1. The number of thiazole rings is 1. The molecule has 0 unspecified atom stereocenters. The highest BCUT2D eigenvalue weighted by Gasteiger charge is 2.14. The summed E-state index contributed by atoms with van der Waals surface area (Å²) in [5.74, 6) is 0.960. The molecule has 5 nitrogen and oxygen atoms in total. The van der Waals surface area contributed by atoms with Crippen molar-refractivity contribution >= 4 is 34.3 Å². The molecule has 1 aliphatic heterocycles. The van der Waals surface area contributed by atoms with E-state index >= 15 is 0 Å². The van der Waals surface area contributed by atoms with Crippen LogP contribution in [0.2, 0.25) is 0 Å². The Balaban J connectivity index is 1.27. The van der Waals surface area contributed by atoms with Gasteiger partial charge < -0.3 is 10.1 Å². The fourth-order valence-electron chi connectivity index (χ4n) is 3.82. The van der Waals surface area contributed by atoms with Crippen LogP contribution in [0.3, 0.4) is 0 Å². The number of nitrogens with zero attached hydrogens (tertiary/aromatic N) is 2. The minimum absolute atomic E-state index is 0.00577. The van der Waals surface area contributed by atoms with Gasteiger partial charge in [0.15, 0.2) is 5.13 Å². The lowest BCUT2D eigenvalue weighted by atomic mass is 10.1. The number of rotatable bonds is 11. The van der Waals surface area contributed by atoms with E-state index < -0.39 is 0 Å². The highest BCUT2D eigenvalue weighted by molar-refractivity contribution is 7.97. The summed E-state index contributed by atoms with van der Waals surface area (Å²) in [6, 6.07) is 14.7. The molecular formula is C26H31N3O2S2. The molecule has 2 aromatic carbocycles. The molecule has 0 aliphatic carbocycles. The van der Waals surface area contributed by atoms with Crippen molar-refractivity contribution in [2.45, 2.75) is 50.8 Å². The van der Waals surface area contributed by atoms with Crippen molar-refractivity contribution in [1.82, 2.24) is 9.29 Å². The predicted molar refractivity (Wildman–Crippen MR) is 138 cm³/mol. The molecule has 174 valence electrons. The van der Waals surface area contributed by atoms with Gasteiger partial charge >= 0.3 is 0 Å². The summed E-state index contributed by atoms with van der Waals surface area (Å²) in [6.07, 6.45) is 4.40. The number of hydrogen-bond donors (Lipinski definition) is 1. The summed E-state index contributed by atoms with van der Waals surface area (Å²) in [5, 5.41) is 5.59. The Bertz CT molecular complexity index is 1060. The predicted octanol–water partition coefficient (Wildman–Crippen LogP) is 6.45. The van der Waals surface area contributed by atoms with E-state index in [2.05, 4.69) is 58.8 Å². The summed E-state index contributed by atoms with van der Waals surface area (Å²) in [4.78, 5) is 18.3. The summed E-state index contributed by atoms with van der Waals surface area (Å²) >= 11 is 3.28. The molecule has 7 heteroatoms. The molecule has 1 aliphatic rings. The second-order valence-corrected chi connectivity index (χ2v) is 10.2. The van der Waals surface area contributed by atoms with Gasteiger partial charge in [0, 0.05) is 41.8 Å². The second-order valence-electron chi connectivity index (χ2n) is 8.17. The molecule has 1 N–H and O–H groups in total. The maximum atomic E-state index is 12.5. The first kappa shape index (κ1) is 23.8. The summed E-state index contributed by atoms with van der Waals surface area (Å²) in [7, 11) is 0. The first-order valence-electron chi connectivity index (χ1n) is 11.7. The van der Waals surface area contributed by atoms with Gasteiger partial charge in [-0.3, -0.25) is 4.79 Å². The second kappa shape index (κ2) is 11.7. The normalized spacial score (nSPS) is 12.6. The number of fused-ring (bicyclic) bond motifs is 1. The SMILES string of the molecule is CCCN(CCC)Sc1ccc(CCC(=O)Nc2nc(-c3ccc4c(c3)CCO4)cs2)cc1. The molecule has 4 rings (SSSR count). The number of aryl methyl sites for hydroxylation is 1. The van der Waals surface area contributed by atoms with Crippen molar-refractivity contribution in [1.29, 1.82) is 0 Å². The summed E-state index contributed by atoms with van der Waals surface area (Å²) in [6.45, 7) is 7.37. The molecule has 0 bridgehead atoms. The Morgan fingerprint density at radius 3 is 2.70 bits per heavy atom. The van der Waals surface area contributed by atoms with Crippen molar-refractivity contribution in [3.8, 4) is 17.0 Å². The van der Waals surface area contributed by atoms with Gasteiger partial charge in [-0.05, 0) is 72.7 Å². The van der Waals surface area contributed by atoms with Crippen molar-refractivity contribution in [3.63, 3.8) is 0 Å². The molecule has 0 radical (unpaired) electrons. The smallest absolute Gasteiger partial charge is 0.226 e. The number of nitrogens with one attached hydrogen (secondary N) is 1. The molecule has 1 aromatic heterocycles. The van der Waals surface area contributed by atoms with E-state index in [-0.39, 0.29) is 5.91 Å². The lowest BCUT2D eigenvalue weighted by molar-refractivity contribution is -0.116. The number of amides is 1. The maximum absolute atomic E-state index is 12.5. The number of hydrogen-bond acceptors (Lipinski definition) is 6. The van der Waals surface area contributed by atoms with E-state index in [9.17, 15) is 4.79 Å². The molecule has 1 amide bonds. The number of aromatic nitrogens is 1. The van der Waals surface area contributed by atoms with E-state index in [1.54, 1.807) is 0 Å². The Labute approximate surface area is 204 Å². The molecule has 0 spiro atoms. The molecule has 0 fully saturated rings. The molecule has 0 saturated carbocycles. The molecule has 33 heavy (non-hydrogen) atoms. The first-order chi connectivity index (χ1) is 16.1. The average Bonchev–Trinajstić information content (AvgIpc) is 3.48. The maximum Gasteiger partial charge on any atom is 0.226 e. The number of benzene rings is 2. The zero-order valence-electron chi connectivity index (χ0n) is 19.3. The van der Waals surface area contributed by atoms with Gasteiger partial charge in [0.2, 0.25) is 5.91 Å². The monoisotopic (exact) mass is 481 g/mol. The Morgan fingerprint density at radius 2 is 1.94 bits per heavy atom. The van der Waals surface area contributed by atoms with E-state index in [4.69, 9.17) is 4.74 Å². The first-order valence-corrected chi connectivity index (χ1v) is 13.3. The summed E-state index contributed by atoms with van der Waals surface area (Å²) in [5.41, 5.74) is 4.34. The Morgan fingerprint density at radius 1 is 1.15 bits per heavy atom. The third-order valence-corrected chi connectivity index (χ3v) is 7.34. The summed E-state index contributed by atoms with van der Waals surface area (Å²) < 4.78 is 7.99. The third-order valence-electron chi connectivity index (χ3n) is 5.48. The minimum Gasteiger partial charge on any atom is -0.493 e. The topological polar surface area (TPSA) is 54.5 Å². The van der Waals surface area contributed by atoms with Crippen LogP contribution in [0, 0.1) is 0 Å². The largest absolute Gasteiger partial charge is 0.493 e. The van der Waals surface area contributed by atoms with Crippen LogP contribution in [0.25, 0.3) is 11.3 Å². The zero-order chi connectivity index (χ0) is 23.0. The van der Waals surface area contributed by atoms with E-state index in [0.717, 1.165) is 56.0 Å². The quantitative estimate of drug-likeness (QED) is 0.319. The molecular weight excluding hydrogens is 450 g/mol. The highest BCUT2D eigenvalue weighted by Crippen LogP contribution is 2.32. The number of anilines is 1. The third kappa shape index (κ3) is 6.59. The van der Waals surface area contributed by atoms with Crippen molar-refractivity contribution in [2.24, 2.45) is 0 Å². The van der Waals surface area contributed by atoms with E-state index in [0.29, 0.717) is 18.0 Å². The van der Waals surface area contributed by atoms with Crippen molar-refractivity contribution in [3.05, 3.63) is 59.0 Å². The van der Waals surface area contributed by atoms with Gasteiger partial charge in [-0.25, -0.2) is 9.29 Å². The van der Waals surface area contributed by atoms with Gasteiger partial charge in [-0.2, -0.15) is 0 Å². The molecule has 3 aromatic rings. The van der Waals surface area contributed by atoms with Crippen LogP contribution in [-0.4, -0.2) is 34.9 Å². The van der Waals surface area contributed by atoms with Gasteiger partial charge in [0.25, 0.3) is 0 Å². The Hall–Kier alpha value is -2.35. The van der Waals surface area contributed by atoms with E-state index in [1.165, 1.54) is 27.4 Å². The van der Waals surface area contributed by atoms with Crippen molar-refractivity contribution < 1.29 is 9.53 Å². The fraction of sp³-hybridized carbons (Fsp3) is 0.385. The van der Waals surface area contributed by atoms with Crippen LogP contribution in [-0.2, 0) is 17.6 Å². The van der Waals surface area contributed by atoms with Gasteiger partial charge in [-0.15, -0.1) is 11.3 Å². The number of carbonyl (C=O) groups excluding carboxylic acids is 1. The van der Waals surface area contributed by atoms with Crippen LogP contribution < -0.4 is 10.1 Å². The standard InChI is InChI=1S/C26H31N3O2S2/c1-3-14-29(15-4-2)33-22-9-5-19(6-10-22)7-12-25(30)28-26-27-23(18-32-26)20-8-11-24-21(17-20)13-16-31-24/h5-6,8-11,17-18H,3-4,7,12-16H2,1-2H3,(H,27,28,30). The van der Waals surface area contributed by atoms with Crippen LogP contribution in [0.4, 0.5) is 5.13 Å². The lowest BCUT2D eigenvalue weighted by Gasteiger charge is -2.19. The molecule has 2 heterocycles. The zero-order valence-corrected chi connectivity index (χ0v) is 20.9. The van der Waals surface area contributed by atoms with Gasteiger partial charge in [0.05, 0.1) is 12.3 Å². The van der Waals surface area contributed by atoms with Crippen LogP contribution >= 0.6 is 23.3 Å². The van der Waals surface area contributed by atoms with Crippen LogP contribution in [0.5, 0.6) is 5.75 Å². The molecule has 0 saturated heterocycles. The Kier molecular flexibility index (Phi) is 8.42. The van der Waals surface area contributed by atoms with Gasteiger partial charge in [-0.1, -0.05) is 26.0 Å². The fourth-order valence-corrected chi connectivity index (χ4v) is 5.66. The molecule has 0 atom stereocenters. The van der Waals surface area contributed by atoms with Crippen LogP contribution in [0.15, 0.2) is 52.7 Å². The van der Waals surface area contributed by atoms with Crippen LogP contribution in [0.1, 0.15) is 44.2 Å². The van der Waals surface area contributed by atoms with Gasteiger partial charge in [0.1, 0.15) is 5.75 Å². The van der Waals surface area contributed by atoms with Crippen molar-refractivity contribution in [2.75, 3.05) is 25.0 Å². The average molecular weight is 482 g/mol. The number of carbonyl (C=O) groups is 1. The van der Waals surface area contributed by atoms with E-state index in [1.807, 2.05) is 29.5 Å². The minimum atomic E-state index is -0.00577. The highest BCUT2D eigenvalue weighted by atomic mass is 32.2.